The molecule has 2 aromatic rings. The molecular weight excluding hydrogens is 344 g/mol. The third-order valence-electron chi connectivity index (χ3n) is 5.74. The van der Waals surface area contributed by atoms with Crippen molar-refractivity contribution < 1.29 is 15.0 Å². The number of amides is 1. The third kappa shape index (κ3) is 3.84. The summed E-state index contributed by atoms with van der Waals surface area (Å²) in [5.74, 6) is 0.155. The van der Waals surface area contributed by atoms with E-state index in [2.05, 4.69) is 15.1 Å². The second-order valence-corrected chi connectivity index (χ2v) is 7.46. The molecule has 2 atom stereocenters. The van der Waals surface area contributed by atoms with E-state index in [0.29, 0.717) is 24.5 Å². The number of aromatic hydroxyl groups is 1. The van der Waals surface area contributed by atoms with Crippen molar-refractivity contribution in [1.29, 1.82) is 0 Å². The number of aromatic amines is 1. The summed E-state index contributed by atoms with van der Waals surface area (Å²) in [6, 6.07) is 8.74. The number of aliphatic hydroxyl groups is 1. The number of nitrogens with zero attached hydrogens (tertiary/aromatic N) is 3. The van der Waals surface area contributed by atoms with Crippen LogP contribution < -0.4 is 0 Å². The normalized spacial score (nSPS) is 24.1. The van der Waals surface area contributed by atoms with Crippen LogP contribution in [0.5, 0.6) is 5.75 Å². The summed E-state index contributed by atoms with van der Waals surface area (Å²) in [6.07, 6.45) is 3.99. The Bertz CT molecular complexity index is 781. The van der Waals surface area contributed by atoms with Crippen molar-refractivity contribution in [2.45, 2.75) is 37.8 Å². The molecule has 1 amide bonds. The topological polar surface area (TPSA) is 92.7 Å². The molecule has 7 heteroatoms. The number of phenolic OH excluding ortho intramolecular Hbond substituents is 1. The van der Waals surface area contributed by atoms with Crippen molar-refractivity contribution in [1.82, 2.24) is 20.0 Å². The number of aliphatic hydroxyl groups excluding tert-OH is 1. The van der Waals surface area contributed by atoms with Gasteiger partial charge in [0, 0.05) is 37.8 Å². The van der Waals surface area contributed by atoms with Crippen LogP contribution in [-0.4, -0.2) is 74.4 Å². The van der Waals surface area contributed by atoms with Gasteiger partial charge in [0.25, 0.3) is 5.91 Å². The highest BCUT2D eigenvalue weighted by Gasteiger charge is 2.32. The van der Waals surface area contributed by atoms with E-state index in [1.807, 2.05) is 4.90 Å². The molecule has 0 unspecified atom stereocenters. The highest BCUT2D eigenvalue weighted by atomic mass is 16.3. The van der Waals surface area contributed by atoms with E-state index in [1.54, 1.807) is 30.3 Å². The fourth-order valence-corrected chi connectivity index (χ4v) is 4.16. The number of hydrogen-bond donors (Lipinski definition) is 3. The molecule has 1 saturated carbocycles. The lowest BCUT2D eigenvalue weighted by atomic mass is 9.91. The molecule has 27 heavy (non-hydrogen) atoms. The predicted octanol–water partition coefficient (Wildman–Crippen LogP) is 1.84. The van der Waals surface area contributed by atoms with Crippen molar-refractivity contribution >= 4 is 5.91 Å². The number of carbonyl (C=O) groups excluding carboxylic acids is 1. The van der Waals surface area contributed by atoms with Gasteiger partial charge in [0.1, 0.15) is 11.4 Å². The molecule has 1 saturated heterocycles. The quantitative estimate of drug-likeness (QED) is 0.767. The zero-order valence-corrected chi connectivity index (χ0v) is 15.3. The Hall–Kier alpha value is -2.38. The molecule has 0 bridgehead atoms. The average molecular weight is 370 g/mol. The van der Waals surface area contributed by atoms with Crippen LogP contribution >= 0.6 is 0 Å². The lowest BCUT2D eigenvalue weighted by Gasteiger charge is -2.42. The van der Waals surface area contributed by atoms with Crippen molar-refractivity contribution in [2.75, 3.05) is 26.2 Å². The van der Waals surface area contributed by atoms with Crippen LogP contribution in [0.4, 0.5) is 0 Å². The zero-order valence-electron chi connectivity index (χ0n) is 15.3. The standard InChI is InChI=1S/C20H26N4O3/c25-15-7-5-14(6-8-15)16-13-17(22-21-16)20(27)24-11-9-23(10-12-24)18-3-1-2-4-19(18)26/h5-8,13,18-19,25-26H,1-4,9-12H2,(H,21,22)/t18-,19-/m1/s1. The van der Waals surface area contributed by atoms with Crippen LogP contribution in [0.3, 0.4) is 0 Å². The molecule has 1 aromatic carbocycles. The van der Waals surface area contributed by atoms with Crippen LogP contribution in [0.2, 0.25) is 0 Å². The molecule has 3 N–H and O–H groups in total. The van der Waals surface area contributed by atoms with E-state index in [9.17, 15) is 15.0 Å². The Morgan fingerprint density at radius 2 is 1.78 bits per heavy atom. The van der Waals surface area contributed by atoms with Gasteiger partial charge in [0.05, 0.1) is 11.8 Å². The van der Waals surface area contributed by atoms with E-state index < -0.39 is 0 Å². The van der Waals surface area contributed by atoms with Crippen LogP contribution in [0, 0.1) is 0 Å². The summed E-state index contributed by atoms with van der Waals surface area (Å²) in [4.78, 5) is 17.0. The second-order valence-electron chi connectivity index (χ2n) is 7.46. The smallest absolute Gasteiger partial charge is 0.271 e. The number of nitrogens with one attached hydrogen (secondary N) is 1. The van der Waals surface area contributed by atoms with Gasteiger partial charge in [-0.1, -0.05) is 12.8 Å². The molecule has 7 nitrogen and oxygen atoms in total. The molecule has 0 spiro atoms. The Kier molecular flexibility index (Phi) is 5.13. The number of hydrogen-bond acceptors (Lipinski definition) is 5. The molecule has 2 fully saturated rings. The largest absolute Gasteiger partial charge is 0.508 e. The van der Waals surface area contributed by atoms with Crippen LogP contribution in [0.15, 0.2) is 30.3 Å². The number of carbonyl (C=O) groups is 1. The summed E-state index contributed by atoms with van der Waals surface area (Å²) in [5.41, 5.74) is 2.01. The second kappa shape index (κ2) is 7.70. The van der Waals surface area contributed by atoms with Gasteiger partial charge in [0.2, 0.25) is 0 Å². The van der Waals surface area contributed by atoms with Crippen molar-refractivity contribution in [3.63, 3.8) is 0 Å². The first-order valence-electron chi connectivity index (χ1n) is 9.68. The first kappa shape index (κ1) is 18.0. The maximum Gasteiger partial charge on any atom is 0.271 e. The average Bonchev–Trinajstić information content (AvgIpc) is 3.19. The number of rotatable bonds is 3. The lowest BCUT2D eigenvalue weighted by molar-refractivity contribution is -0.00183. The lowest BCUT2D eigenvalue weighted by Crippen LogP contribution is -2.55. The number of phenols is 1. The van der Waals surface area contributed by atoms with E-state index in [4.69, 9.17) is 0 Å². The molecular formula is C20H26N4O3. The zero-order chi connectivity index (χ0) is 18.8. The molecule has 2 aliphatic rings. The van der Waals surface area contributed by atoms with E-state index in [0.717, 1.165) is 37.9 Å². The van der Waals surface area contributed by atoms with E-state index >= 15 is 0 Å². The summed E-state index contributed by atoms with van der Waals surface area (Å²) in [5, 5.41) is 26.7. The first-order chi connectivity index (χ1) is 13.1. The Morgan fingerprint density at radius 3 is 2.48 bits per heavy atom. The minimum Gasteiger partial charge on any atom is -0.508 e. The maximum absolute atomic E-state index is 12.8. The Morgan fingerprint density at radius 1 is 1.07 bits per heavy atom. The Balaban J connectivity index is 1.37. The van der Waals surface area contributed by atoms with Crippen LogP contribution in [-0.2, 0) is 0 Å². The van der Waals surface area contributed by atoms with Gasteiger partial charge in [0.15, 0.2) is 0 Å². The molecule has 1 aromatic heterocycles. The molecule has 0 radical (unpaired) electrons. The van der Waals surface area contributed by atoms with E-state index in [1.165, 1.54) is 6.42 Å². The van der Waals surface area contributed by atoms with Gasteiger partial charge in [-0.2, -0.15) is 5.10 Å². The van der Waals surface area contributed by atoms with Gasteiger partial charge < -0.3 is 15.1 Å². The molecule has 144 valence electrons. The van der Waals surface area contributed by atoms with Crippen molar-refractivity contribution in [3.05, 3.63) is 36.0 Å². The Labute approximate surface area is 158 Å². The summed E-state index contributed by atoms with van der Waals surface area (Å²) in [7, 11) is 0. The SMILES string of the molecule is O=C(c1cc(-c2ccc(O)cc2)n[nH]1)N1CCN([C@@H]2CCCC[C@H]2O)CC1. The predicted molar refractivity (Wildman–Crippen MR) is 101 cm³/mol. The summed E-state index contributed by atoms with van der Waals surface area (Å²) >= 11 is 0. The monoisotopic (exact) mass is 370 g/mol. The molecule has 1 aliphatic carbocycles. The molecule has 4 rings (SSSR count). The van der Waals surface area contributed by atoms with Crippen LogP contribution in [0.1, 0.15) is 36.2 Å². The number of H-pyrrole nitrogens is 1. The fourth-order valence-electron chi connectivity index (χ4n) is 4.16. The van der Waals surface area contributed by atoms with E-state index in [-0.39, 0.29) is 23.8 Å². The summed E-state index contributed by atoms with van der Waals surface area (Å²) < 4.78 is 0. The molecule has 1 aliphatic heterocycles. The number of piperazine rings is 1. The van der Waals surface area contributed by atoms with Crippen molar-refractivity contribution in [2.24, 2.45) is 0 Å². The highest BCUT2D eigenvalue weighted by molar-refractivity contribution is 5.93. The van der Waals surface area contributed by atoms with Gasteiger partial charge in [-0.15, -0.1) is 0 Å². The van der Waals surface area contributed by atoms with Gasteiger partial charge in [-0.3, -0.25) is 14.8 Å². The number of aromatic nitrogens is 2. The van der Waals surface area contributed by atoms with Gasteiger partial charge in [-0.25, -0.2) is 0 Å². The minimum absolute atomic E-state index is 0.0450. The highest BCUT2D eigenvalue weighted by Crippen LogP contribution is 2.25. The van der Waals surface area contributed by atoms with Crippen molar-refractivity contribution in [3.8, 4) is 17.0 Å². The number of benzene rings is 1. The summed E-state index contributed by atoms with van der Waals surface area (Å²) in [6.45, 7) is 2.92. The van der Waals surface area contributed by atoms with Gasteiger partial charge >= 0.3 is 0 Å². The minimum atomic E-state index is -0.235. The van der Waals surface area contributed by atoms with Crippen LogP contribution in [0.25, 0.3) is 11.3 Å². The maximum atomic E-state index is 12.8. The fraction of sp³-hybridized carbons (Fsp3) is 0.500. The van der Waals surface area contributed by atoms with Gasteiger partial charge in [-0.05, 0) is 43.2 Å². The third-order valence-corrected chi connectivity index (χ3v) is 5.74. The molecule has 2 heterocycles. The first-order valence-corrected chi connectivity index (χ1v) is 9.68.